The average Bonchev–Trinajstić information content (AvgIpc) is 2.34. The Morgan fingerprint density at radius 1 is 1.78 bits per heavy atom. The third-order valence-corrected chi connectivity index (χ3v) is 0.981. The Kier molecular flexibility index (Phi) is 2.07. The lowest BCUT2D eigenvalue weighted by Gasteiger charge is -1.80. The molecule has 0 aliphatic carbocycles. The summed E-state index contributed by atoms with van der Waals surface area (Å²) < 4.78 is 0. The van der Waals surface area contributed by atoms with Crippen molar-refractivity contribution in [2.24, 2.45) is 4.99 Å². The Morgan fingerprint density at radius 3 is 3.22 bits per heavy atom. The quantitative estimate of drug-likeness (QED) is 0.571. The van der Waals surface area contributed by atoms with Gasteiger partial charge in [0.1, 0.15) is 0 Å². The zero-order chi connectivity index (χ0) is 6.53. The van der Waals surface area contributed by atoms with Gasteiger partial charge in [0, 0.05) is 19.0 Å². The van der Waals surface area contributed by atoms with E-state index < -0.39 is 0 Å². The molecule has 0 spiro atoms. The summed E-state index contributed by atoms with van der Waals surface area (Å²) in [6, 6.07) is 3.89. The Balaban J connectivity index is 2.57. The minimum absolute atomic E-state index is 0.596. The molecule has 1 heterocycles. The normalized spacial score (nSPS) is 10.8. The monoisotopic (exact) mass is 121 g/mol. The third kappa shape index (κ3) is 1.72. The smallest absolute Gasteiger partial charge is 0.0561 e. The van der Waals surface area contributed by atoms with Crippen LogP contribution in [-0.4, -0.2) is 17.7 Å². The highest BCUT2D eigenvalue weighted by Gasteiger charge is 1.80. The number of hydrogen-bond donors (Lipinski definition) is 1. The van der Waals surface area contributed by atoms with Crippen LogP contribution in [0.5, 0.6) is 0 Å². The van der Waals surface area contributed by atoms with Crippen LogP contribution in [0.25, 0.3) is 0 Å². The minimum Gasteiger partial charge on any atom is -0.360 e. The maximum Gasteiger partial charge on any atom is 0.0561 e. The molecule has 1 aromatic rings. The van der Waals surface area contributed by atoms with Gasteiger partial charge in [-0.2, -0.15) is 0 Å². The van der Waals surface area contributed by atoms with Crippen molar-refractivity contribution in [2.45, 2.75) is 0 Å². The minimum atomic E-state index is 0.596. The molecule has 1 rings (SSSR count). The largest absolute Gasteiger partial charge is 0.360 e. The summed E-state index contributed by atoms with van der Waals surface area (Å²) >= 11 is 0. The predicted octanol–water partition coefficient (Wildman–Crippen LogP) is 1.27. The number of aromatic nitrogens is 1. The second-order valence-electron chi connectivity index (χ2n) is 1.66. The van der Waals surface area contributed by atoms with Crippen LogP contribution in [0, 0.1) is 6.92 Å². The topological polar surface area (TPSA) is 28.1 Å². The Hall–Kier alpha value is -1.05. The summed E-state index contributed by atoms with van der Waals surface area (Å²) in [7, 11) is 0. The zero-order valence-corrected chi connectivity index (χ0v) is 5.17. The zero-order valence-electron chi connectivity index (χ0n) is 5.17. The highest BCUT2D eigenvalue weighted by atomic mass is 14.7. The van der Waals surface area contributed by atoms with Crippen LogP contribution in [0.3, 0.4) is 0 Å². The van der Waals surface area contributed by atoms with Crippen LogP contribution >= 0.6 is 0 Å². The van der Waals surface area contributed by atoms with Gasteiger partial charge in [0.2, 0.25) is 0 Å². The van der Waals surface area contributed by atoms with E-state index >= 15 is 0 Å². The summed E-state index contributed by atoms with van der Waals surface area (Å²) in [5, 5.41) is 0. The molecular formula is C7H9N2. The van der Waals surface area contributed by atoms with E-state index in [1.165, 1.54) is 0 Å². The molecule has 47 valence electrons. The van der Waals surface area contributed by atoms with E-state index in [0.717, 1.165) is 5.69 Å². The fourth-order valence-corrected chi connectivity index (χ4v) is 0.587. The molecule has 0 atom stereocenters. The van der Waals surface area contributed by atoms with E-state index in [1.807, 2.05) is 18.3 Å². The molecule has 0 aliphatic rings. The molecular weight excluding hydrogens is 112 g/mol. The van der Waals surface area contributed by atoms with Crippen LogP contribution in [0.2, 0.25) is 0 Å². The van der Waals surface area contributed by atoms with Gasteiger partial charge < -0.3 is 4.98 Å². The van der Waals surface area contributed by atoms with E-state index in [1.54, 1.807) is 6.21 Å². The molecule has 1 radical (unpaired) electrons. The molecule has 1 N–H and O–H groups in total. The van der Waals surface area contributed by atoms with Gasteiger partial charge in [0.25, 0.3) is 0 Å². The highest BCUT2D eigenvalue weighted by Crippen LogP contribution is 1.88. The number of aromatic amines is 1. The molecule has 2 nitrogen and oxygen atoms in total. The maximum absolute atomic E-state index is 3.95. The lowest BCUT2D eigenvalue weighted by atomic mass is 10.5. The van der Waals surface area contributed by atoms with Crippen molar-refractivity contribution in [3.05, 3.63) is 30.9 Å². The lowest BCUT2D eigenvalue weighted by Crippen LogP contribution is -1.79. The molecule has 1 aromatic heterocycles. The highest BCUT2D eigenvalue weighted by molar-refractivity contribution is 5.76. The molecule has 0 fully saturated rings. The molecule has 0 aromatic carbocycles. The fraction of sp³-hybridized carbons (Fsp3) is 0.143. The molecule has 0 bridgehead atoms. The first kappa shape index (κ1) is 6.08. The van der Waals surface area contributed by atoms with Crippen molar-refractivity contribution in [2.75, 3.05) is 6.54 Å². The van der Waals surface area contributed by atoms with Gasteiger partial charge in [-0.1, -0.05) is 0 Å². The first-order chi connectivity index (χ1) is 4.43. The van der Waals surface area contributed by atoms with Crippen LogP contribution in [0.1, 0.15) is 5.69 Å². The number of nitrogens with one attached hydrogen (secondary N) is 1. The summed E-state index contributed by atoms with van der Waals surface area (Å²) in [6.45, 7) is 4.17. The molecule has 0 amide bonds. The lowest BCUT2D eigenvalue weighted by molar-refractivity contribution is 1.25. The van der Waals surface area contributed by atoms with E-state index in [-0.39, 0.29) is 0 Å². The maximum atomic E-state index is 3.95. The van der Waals surface area contributed by atoms with Crippen LogP contribution in [0.4, 0.5) is 0 Å². The number of aliphatic imine (C=N–C) groups is 1. The van der Waals surface area contributed by atoms with Crippen LogP contribution in [-0.2, 0) is 0 Å². The van der Waals surface area contributed by atoms with Crippen molar-refractivity contribution in [1.29, 1.82) is 0 Å². The summed E-state index contributed by atoms with van der Waals surface area (Å²) in [5.41, 5.74) is 1.03. The van der Waals surface area contributed by atoms with Gasteiger partial charge in [0.05, 0.1) is 5.69 Å². The van der Waals surface area contributed by atoms with Gasteiger partial charge in [-0.3, -0.25) is 4.99 Å². The predicted molar refractivity (Wildman–Crippen MR) is 38.6 cm³/mol. The van der Waals surface area contributed by atoms with Crippen molar-refractivity contribution in [3.8, 4) is 0 Å². The first-order valence-electron chi connectivity index (χ1n) is 2.86. The average molecular weight is 121 g/mol. The van der Waals surface area contributed by atoms with Crippen LogP contribution < -0.4 is 0 Å². The van der Waals surface area contributed by atoms with E-state index in [9.17, 15) is 0 Å². The summed E-state index contributed by atoms with van der Waals surface area (Å²) in [4.78, 5) is 6.94. The van der Waals surface area contributed by atoms with Gasteiger partial charge in [-0.05, 0) is 19.1 Å². The first-order valence-corrected chi connectivity index (χ1v) is 2.86. The van der Waals surface area contributed by atoms with Gasteiger partial charge in [-0.25, -0.2) is 0 Å². The molecule has 0 saturated heterocycles. The van der Waals surface area contributed by atoms with Gasteiger partial charge in [0.15, 0.2) is 0 Å². The third-order valence-electron chi connectivity index (χ3n) is 0.981. The molecule has 0 saturated carbocycles. The molecule has 0 aliphatic heterocycles. The van der Waals surface area contributed by atoms with Gasteiger partial charge in [-0.15, -0.1) is 0 Å². The molecule has 9 heavy (non-hydrogen) atoms. The van der Waals surface area contributed by atoms with Crippen molar-refractivity contribution in [1.82, 2.24) is 4.98 Å². The second kappa shape index (κ2) is 3.07. The van der Waals surface area contributed by atoms with Crippen molar-refractivity contribution in [3.63, 3.8) is 0 Å². The molecule has 0 unspecified atom stereocenters. The summed E-state index contributed by atoms with van der Waals surface area (Å²) in [5.74, 6) is 0. The standard InChI is InChI=1S/C7H9N2/c1-2-8-6-7-4-3-5-9-7/h3-6,9H,1-2H2. The van der Waals surface area contributed by atoms with Crippen molar-refractivity contribution < 1.29 is 0 Å². The van der Waals surface area contributed by atoms with E-state index in [2.05, 4.69) is 16.9 Å². The summed E-state index contributed by atoms with van der Waals surface area (Å²) in [6.07, 6.45) is 3.64. The number of hydrogen-bond acceptors (Lipinski definition) is 1. The van der Waals surface area contributed by atoms with Crippen molar-refractivity contribution >= 4 is 6.21 Å². The molecule has 2 heteroatoms. The Bertz CT molecular complexity index is 175. The number of rotatable bonds is 2. The van der Waals surface area contributed by atoms with E-state index in [4.69, 9.17) is 0 Å². The number of nitrogens with zero attached hydrogens (tertiary/aromatic N) is 1. The second-order valence-corrected chi connectivity index (χ2v) is 1.66. The van der Waals surface area contributed by atoms with Crippen LogP contribution in [0.15, 0.2) is 23.3 Å². The number of H-pyrrole nitrogens is 1. The Labute approximate surface area is 54.6 Å². The Morgan fingerprint density at radius 2 is 2.67 bits per heavy atom. The fourth-order valence-electron chi connectivity index (χ4n) is 0.587. The SMILES string of the molecule is [CH2]CN=Cc1ccc[nH]1. The van der Waals surface area contributed by atoms with Gasteiger partial charge >= 0.3 is 0 Å². The van der Waals surface area contributed by atoms with E-state index in [0.29, 0.717) is 6.54 Å².